The number of hydrogen-bond donors (Lipinski definition) is 0. The summed E-state index contributed by atoms with van der Waals surface area (Å²) < 4.78 is 37.8. The van der Waals surface area contributed by atoms with Gasteiger partial charge in [0.25, 0.3) is 0 Å². The maximum atomic E-state index is 12.9. The van der Waals surface area contributed by atoms with E-state index in [2.05, 4.69) is 17.1 Å². The lowest BCUT2D eigenvalue weighted by atomic mass is 10.1. The largest absolute Gasteiger partial charge is 0.443 e. The third kappa shape index (κ3) is 6.35. The van der Waals surface area contributed by atoms with Crippen molar-refractivity contribution in [1.29, 1.82) is 0 Å². The standard InChI is InChI=1S/C26H33N5O5S/c1-5-6-20-7-13-24(14-8-20)37(33,34)30(4)16-15-29(3)17-23-18-31(26(32)35-23)22-11-9-21(10-12-22)25-27-19(2)36-28-25/h7-14,23H,5-6,15-18H2,1-4H3. The van der Waals surface area contributed by atoms with Crippen LogP contribution < -0.4 is 4.90 Å². The maximum Gasteiger partial charge on any atom is 0.414 e. The molecule has 0 N–H and O–H groups in total. The number of aromatic nitrogens is 2. The van der Waals surface area contributed by atoms with Gasteiger partial charge in [0.05, 0.1) is 11.4 Å². The van der Waals surface area contributed by atoms with Gasteiger partial charge in [-0.05, 0) is 55.4 Å². The molecule has 1 fully saturated rings. The zero-order chi connectivity index (χ0) is 26.6. The Hall–Kier alpha value is -3.28. The monoisotopic (exact) mass is 527 g/mol. The van der Waals surface area contributed by atoms with E-state index in [9.17, 15) is 13.2 Å². The molecule has 1 aliphatic heterocycles. The average molecular weight is 528 g/mol. The summed E-state index contributed by atoms with van der Waals surface area (Å²) in [6, 6.07) is 14.4. The van der Waals surface area contributed by atoms with Gasteiger partial charge in [0.2, 0.25) is 21.7 Å². The second-order valence-corrected chi connectivity index (χ2v) is 11.3. The van der Waals surface area contributed by atoms with E-state index < -0.39 is 16.1 Å². The number of carbonyl (C=O) groups excluding carboxylic acids is 1. The highest BCUT2D eigenvalue weighted by Gasteiger charge is 2.33. The lowest BCUT2D eigenvalue weighted by Crippen LogP contribution is -2.38. The van der Waals surface area contributed by atoms with Crippen molar-refractivity contribution in [1.82, 2.24) is 19.3 Å². The van der Waals surface area contributed by atoms with Gasteiger partial charge in [-0.25, -0.2) is 13.2 Å². The molecule has 1 atom stereocenters. The van der Waals surface area contributed by atoms with Crippen molar-refractivity contribution >= 4 is 21.8 Å². The molecule has 1 aromatic heterocycles. The Kier molecular flexibility index (Phi) is 8.25. The lowest BCUT2D eigenvalue weighted by Gasteiger charge is -2.23. The van der Waals surface area contributed by atoms with Gasteiger partial charge in [-0.3, -0.25) is 4.90 Å². The van der Waals surface area contributed by atoms with Crippen LogP contribution in [-0.2, 0) is 21.2 Å². The fourth-order valence-electron chi connectivity index (χ4n) is 4.20. The minimum atomic E-state index is -3.57. The summed E-state index contributed by atoms with van der Waals surface area (Å²) in [7, 11) is -0.101. The molecule has 3 aromatic rings. The van der Waals surface area contributed by atoms with Crippen molar-refractivity contribution in [3.8, 4) is 11.4 Å². The zero-order valence-corrected chi connectivity index (χ0v) is 22.4. The fraction of sp³-hybridized carbons (Fsp3) is 0.423. The minimum Gasteiger partial charge on any atom is -0.443 e. The van der Waals surface area contributed by atoms with Crippen LogP contribution in [0.5, 0.6) is 0 Å². The van der Waals surface area contributed by atoms with E-state index in [1.807, 2.05) is 48.3 Å². The highest BCUT2D eigenvalue weighted by Crippen LogP contribution is 2.25. The number of amides is 1. The van der Waals surface area contributed by atoms with Crippen LogP contribution >= 0.6 is 0 Å². The predicted octanol–water partition coefficient (Wildman–Crippen LogP) is 3.58. The lowest BCUT2D eigenvalue weighted by molar-refractivity contribution is 0.116. The molecule has 1 amide bonds. The first-order valence-electron chi connectivity index (χ1n) is 12.3. The van der Waals surface area contributed by atoms with Crippen LogP contribution in [0.15, 0.2) is 57.9 Å². The SMILES string of the molecule is CCCc1ccc(S(=O)(=O)N(C)CCN(C)CC2CN(c3ccc(-c4noc(C)n4)cc3)C(=O)O2)cc1. The van der Waals surface area contributed by atoms with E-state index in [-0.39, 0.29) is 6.10 Å². The van der Waals surface area contributed by atoms with Gasteiger partial charge in [0.1, 0.15) is 6.10 Å². The molecule has 1 saturated heterocycles. The highest BCUT2D eigenvalue weighted by molar-refractivity contribution is 7.89. The summed E-state index contributed by atoms with van der Waals surface area (Å²) in [5.74, 6) is 0.979. The second kappa shape index (κ2) is 11.4. The van der Waals surface area contributed by atoms with Crippen LogP contribution in [0.25, 0.3) is 11.4 Å². The van der Waals surface area contributed by atoms with Gasteiger partial charge in [-0.15, -0.1) is 0 Å². The Morgan fingerprint density at radius 2 is 1.76 bits per heavy atom. The number of aryl methyl sites for hydroxylation is 2. The number of cyclic esters (lactones) is 1. The van der Waals surface area contributed by atoms with E-state index in [1.54, 1.807) is 31.0 Å². The number of likely N-dealkylation sites (N-methyl/N-ethyl adjacent to an activating group) is 2. The third-order valence-corrected chi connectivity index (χ3v) is 8.19. The van der Waals surface area contributed by atoms with Crippen molar-refractivity contribution < 1.29 is 22.5 Å². The predicted molar refractivity (Wildman–Crippen MR) is 140 cm³/mol. The van der Waals surface area contributed by atoms with E-state index >= 15 is 0 Å². The van der Waals surface area contributed by atoms with Crippen LogP contribution in [0.3, 0.4) is 0 Å². The molecule has 11 heteroatoms. The Balaban J connectivity index is 1.28. The summed E-state index contributed by atoms with van der Waals surface area (Å²) in [4.78, 5) is 20.6. The van der Waals surface area contributed by atoms with Crippen LogP contribution in [-0.4, -0.2) is 80.2 Å². The number of anilines is 1. The first-order chi connectivity index (χ1) is 17.7. The number of nitrogens with zero attached hydrogens (tertiary/aromatic N) is 5. The van der Waals surface area contributed by atoms with Crippen LogP contribution in [0.4, 0.5) is 10.5 Å². The first-order valence-corrected chi connectivity index (χ1v) is 13.7. The molecule has 37 heavy (non-hydrogen) atoms. The van der Waals surface area contributed by atoms with Crippen molar-refractivity contribution in [2.75, 3.05) is 45.2 Å². The molecule has 10 nitrogen and oxygen atoms in total. The number of sulfonamides is 1. The van der Waals surface area contributed by atoms with Crippen molar-refractivity contribution in [2.24, 2.45) is 0 Å². The molecule has 0 spiro atoms. The molecular formula is C26H33N5O5S. The molecule has 4 rings (SSSR count). The van der Waals surface area contributed by atoms with E-state index in [0.29, 0.717) is 42.8 Å². The normalized spacial score (nSPS) is 16.1. The molecule has 0 bridgehead atoms. The van der Waals surface area contributed by atoms with Crippen LogP contribution in [0.1, 0.15) is 24.8 Å². The Morgan fingerprint density at radius 1 is 1.05 bits per heavy atom. The Bertz CT molecular complexity index is 1310. The summed E-state index contributed by atoms with van der Waals surface area (Å²) in [5, 5.41) is 3.91. The number of carbonyl (C=O) groups is 1. The number of hydrogen-bond acceptors (Lipinski definition) is 8. The molecule has 2 aromatic carbocycles. The van der Waals surface area contributed by atoms with Crippen molar-refractivity contribution in [3.05, 3.63) is 60.0 Å². The van der Waals surface area contributed by atoms with Crippen molar-refractivity contribution in [3.63, 3.8) is 0 Å². The Morgan fingerprint density at radius 3 is 2.38 bits per heavy atom. The third-order valence-electron chi connectivity index (χ3n) is 6.32. The first kappa shape index (κ1) is 26.8. The van der Waals surface area contributed by atoms with Crippen LogP contribution in [0.2, 0.25) is 0 Å². The average Bonchev–Trinajstić information content (AvgIpc) is 3.48. The Labute approximate surface area is 217 Å². The molecule has 1 unspecified atom stereocenters. The summed E-state index contributed by atoms with van der Waals surface area (Å²) >= 11 is 0. The summed E-state index contributed by atoms with van der Waals surface area (Å²) in [5.41, 5.74) is 2.64. The molecule has 0 saturated carbocycles. The zero-order valence-electron chi connectivity index (χ0n) is 21.6. The highest BCUT2D eigenvalue weighted by atomic mass is 32.2. The smallest absolute Gasteiger partial charge is 0.414 e. The molecule has 1 aliphatic rings. The van der Waals surface area contributed by atoms with E-state index in [4.69, 9.17) is 9.26 Å². The van der Waals surface area contributed by atoms with Gasteiger partial charge in [0.15, 0.2) is 0 Å². The van der Waals surface area contributed by atoms with Crippen molar-refractivity contribution in [2.45, 2.75) is 37.7 Å². The quantitative estimate of drug-likeness (QED) is 0.372. The van der Waals surface area contributed by atoms with Crippen LogP contribution in [0, 0.1) is 6.92 Å². The van der Waals surface area contributed by atoms with E-state index in [1.165, 1.54) is 4.31 Å². The van der Waals surface area contributed by atoms with Gasteiger partial charge < -0.3 is 14.2 Å². The minimum absolute atomic E-state index is 0.290. The number of rotatable bonds is 11. The molecular weight excluding hydrogens is 494 g/mol. The topological polar surface area (TPSA) is 109 Å². The van der Waals surface area contributed by atoms with Gasteiger partial charge in [0, 0.05) is 44.9 Å². The van der Waals surface area contributed by atoms with Gasteiger partial charge in [-0.1, -0.05) is 30.6 Å². The number of ether oxygens (including phenoxy) is 1. The maximum absolute atomic E-state index is 12.9. The van der Waals surface area contributed by atoms with Gasteiger partial charge in [-0.2, -0.15) is 9.29 Å². The van der Waals surface area contributed by atoms with Gasteiger partial charge >= 0.3 is 6.09 Å². The molecule has 0 radical (unpaired) electrons. The summed E-state index contributed by atoms with van der Waals surface area (Å²) in [6.07, 6.45) is 1.20. The molecule has 198 valence electrons. The molecule has 2 heterocycles. The fourth-order valence-corrected chi connectivity index (χ4v) is 5.36. The van der Waals surface area contributed by atoms with E-state index in [0.717, 1.165) is 29.7 Å². The second-order valence-electron chi connectivity index (χ2n) is 9.28. The molecule has 0 aliphatic carbocycles. The summed E-state index contributed by atoms with van der Waals surface area (Å²) in [6.45, 7) is 5.53. The number of benzene rings is 2.